The van der Waals surface area contributed by atoms with E-state index in [4.69, 9.17) is 25.6 Å². The highest BCUT2D eigenvalue weighted by Crippen LogP contribution is 2.29. The summed E-state index contributed by atoms with van der Waals surface area (Å²) in [5.41, 5.74) is 6.57. The molecular formula is C26H38N2O5. The standard InChI is InChI=1S/C17H23NO4.C9H15NO/c18-11-13-1-6-14(7-2-13)17(21)22-15-8-3-12(4-9-15)5-10-16(19)20;1-2-3-4-5-8-11-9-6-7-10/h3-4,8-9,13-14H,1-2,5-7,10-11,18H2,(H,19,20);5,8H,2-4,6,9H2,1H3/b;8-5+. The van der Waals surface area contributed by atoms with E-state index in [1.807, 2.05) is 12.1 Å². The van der Waals surface area contributed by atoms with Crippen molar-refractivity contribution in [2.75, 3.05) is 13.2 Å². The number of carbonyl (C=O) groups excluding carboxylic acids is 1. The number of nitrogens with two attached hydrogens (primary N) is 1. The fourth-order valence-corrected chi connectivity index (χ4v) is 3.44. The van der Waals surface area contributed by atoms with Gasteiger partial charge in [-0.15, -0.1) is 0 Å². The van der Waals surface area contributed by atoms with Crippen LogP contribution in [0.3, 0.4) is 0 Å². The normalized spacial score (nSPS) is 17.5. The third-order valence-corrected chi connectivity index (χ3v) is 5.53. The van der Waals surface area contributed by atoms with Crippen molar-refractivity contribution in [3.63, 3.8) is 0 Å². The minimum atomic E-state index is -0.816. The molecule has 1 aliphatic carbocycles. The molecule has 33 heavy (non-hydrogen) atoms. The van der Waals surface area contributed by atoms with Gasteiger partial charge in [0.25, 0.3) is 0 Å². The molecule has 2 rings (SSSR count). The van der Waals surface area contributed by atoms with Crippen LogP contribution in [0.1, 0.15) is 70.3 Å². The monoisotopic (exact) mass is 458 g/mol. The number of hydrogen-bond acceptors (Lipinski definition) is 6. The van der Waals surface area contributed by atoms with E-state index in [2.05, 4.69) is 6.92 Å². The molecule has 182 valence electrons. The van der Waals surface area contributed by atoms with E-state index in [-0.39, 0.29) is 18.3 Å². The Labute approximate surface area is 197 Å². The van der Waals surface area contributed by atoms with Gasteiger partial charge in [0.2, 0.25) is 0 Å². The Bertz CT molecular complexity index is 747. The maximum atomic E-state index is 12.1. The maximum Gasteiger partial charge on any atom is 0.314 e. The number of carbonyl (C=O) groups is 2. The van der Waals surface area contributed by atoms with E-state index >= 15 is 0 Å². The first-order valence-electron chi connectivity index (χ1n) is 11.9. The zero-order valence-corrected chi connectivity index (χ0v) is 19.7. The Balaban J connectivity index is 0.000000420. The van der Waals surface area contributed by atoms with Gasteiger partial charge in [-0.25, -0.2) is 0 Å². The largest absolute Gasteiger partial charge is 0.500 e. The second-order valence-electron chi connectivity index (χ2n) is 8.21. The minimum Gasteiger partial charge on any atom is -0.500 e. The van der Waals surface area contributed by atoms with Gasteiger partial charge in [-0.1, -0.05) is 25.5 Å². The number of hydrogen-bond donors (Lipinski definition) is 2. The smallest absolute Gasteiger partial charge is 0.314 e. The summed E-state index contributed by atoms with van der Waals surface area (Å²) < 4.78 is 10.4. The number of esters is 1. The van der Waals surface area contributed by atoms with Gasteiger partial charge < -0.3 is 20.3 Å². The molecule has 3 N–H and O–H groups in total. The topological polar surface area (TPSA) is 123 Å². The van der Waals surface area contributed by atoms with E-state index in [1.165, 1.54) is 12.8 Å². The molecule has 1 aliphatic rings. The van der Waals surface area contributed by atoms with Crippen LogP contribution in [0.15, 0.2) is 36.6 Å². The van der Waals surface area contributed by atoms with Gasteiger partial charge in [-0.05, 0) is 81.2 Å². The summed E-state index contributed by atoms with van der Waals surface area (Å²) in [5, 5.41) is 16.8. The predicted molar refractivity (Wildman–Crippen MR) is 127 cm³/mol. The molecule has 0 spiro atoms. The lowest BCUT2D eigenvalue weighted by atomic mass is 9.82. The number of rotatable bonds is 12. The van der Waals surface area contributed by atoms with E-state index < -0.39 is 5.97 Å². The van der Waals surface area contributed by atoms with Gasteiger partial charge in [-0.3, -0.25) is 9.59 Å². The molecule has 0 amide bonds. The first-order valence-corrected chi connectivity index (χ1v) is 11.9. The van der Waals surface area contributed by atoms with Crippen molar-refractivity contribution in [2.24, 2.45) is 17.6 Å². The Hall–Kier alpha value is -2.85. The zero-order chi connectivity index (χ0) is 24.3. The van der Waals surface area contributed by atoms with E-state index in [9.17, 15) is 9.59 Å². The van der Waals surface area contributed by atoms with Crippen molar-refractivity contribution < 1.29 is 24.2 Å². The van der Waals surface area contributed by atoms with Crippen molar-refractivity contribution in [2.45, 2.75) is 71.1 Å². The molecule has 1 aromatic rings. The fraction of sp³-hybridized carbons (Fsp3) is 0.577. The highest BCUT2D eigenvalue weighted by atomic mass is 16.5. The Morgan fingerprint density at radius 2 is 1.91 bits per heavy atom. The summed E-state index contributed by atoms with van der Waals surface area (Å²) in [4.78, 5) is 22.7. The quantitative estimate of drug-likeness (QED) is 0.196. The summed E-state index contributed by atoms with van der Waals surface area (Å²) in [6, 6.07) is 9.06. The molecule has 0 atom stereocenters. The van der Waals surface area contributed by atoms with Crippen LogP contribution >= 0.6 is 0 Å². The number of nitriles is 1. The molecule has 1 aromatic carbocycles. The first-order chi connectivity index (χ1) is 16.0. The van der Waals surface area contributed by atoms with Gasteiger partial charge in [0.05, 0.1) is 24.7 Å². The molecule has 0 saturated heterocycles. The van der Waals surface area contributed by atoms with Crippen LogP contribution in [0, 0.1) is 23.2 Å². The molecule has 0 bridgehead atoms. The molecule has 0 radical (unpaired) electrons. The van der Waals surface area contributed by atoms with Gasteiger partial charge in [0.1, 0.15) is 12.4 Å². The minimum absolute atomic E-state index is 0.0329. The van der Waals surface area contributed by atoms with Gasteiger partial charge in [0.15, 0.2) is 0 Å². The summed E-state index contributed by atoms with van der Waals surface area (Å²) in [6.07, 6.45) is 11.9. The van der Waals surface area contributed by atoms with Crippen LogP contribution < -0.4 is 10.5 Å². The third-order valence-electron chi connectivity index (χ3n) is 5.53. The molecule has 0 aliphatic heterocycles. The number of carboxylic acids is 1. The van der Waals surface area contributed by atoms with Crippen LogP contribution in [-0.4, -0.2) is 30.2 Å². The third kappa shape index (κ3) is 13.3. The van der Waals surface area contributed by atoms with Gasteiger partial charge in [-0.2, -0.15) is 5.26 Å². The lowest BCUT2D eigenvalue weighted by Crippen LogP contribution is -2.28. The number of aryl methyl sites for hydroxylation is 1. The lowest BCUT2D eigenvalue weighted by molar-refractivity contribution is -0.140. The number of benzene rings is 1. The maximum absolute atomic E-state index is 12.1. The molecule has 0 unspecified atom stereocenters. The van der Waals surface area contributed by atoms with Gasteiger partial charge in [0, 0.05) is 6.42 Å². The Morgan fingerprint density at radius 1 is 1.21 bits per heavy atom. The highest BCUT2D eigenvalue weighted by molar-refractivity contribution is 5.75. The molecule has 7 heteroatoms. The van der Waals surface area contributed by atoms with Crippen molar-refractivity contribution >= 4 is 11.9 Å². The molecule has 0 aromatic heterocycles. The molecule has 0 heterocycles. The van der Waals surface area contributed by atoms with Crippen LogP contribution in [0.2, 0.25) is 0 Å². The number of aliphatic carboxylic acids is 1. The van der Waals surface area contributed by atoms with E-state index in [0.29, 0.717) is 37.7 Å². The molecule has 1 saturated carbocycles. The fourth-order valence-electron chi connectivity index (χ4n) is 3.44. The number of carboxylic acid groups (broad SMARTS) is 1. The van der Waals surface area contributed by atoms with Crippen molar-refractivity contribution in [3.05, 3.63) is 42.2 Å². The second kappa shape index (κ2) is 17.7. The molecular weight excluding hydrogens is 420 g/mol. The zero-order valence-electron chi connectivity index (χ0n) is 19.7. The Kier molecular flexibility index (Phi) is 15.1. The molecule has 7 nitrogen and oxygen atoms in total. The van der Waals surface area contributed by atoms with E-state index in [1.54, 1.807) is 30.5 Å². The summed E-state index contributed by atoms with van der Waals surface area (Å²) >= 11 is 0. The number of ether oxygens (including phenoxy) is 2. The number of allylic oxidation sites excluding steroid dienone is 1. The van der Waals surface area contributed by atoms with Crippen molar-refractivity contribution in [1.82, 2.24) is 0 Å². The van der Waals surface area contributed by atoms with Crippen LogP contribution in [0.25, 0.3) is 0 Å². The summed E-state index contributed by atoms with van der Waals surface area (Å²) in [7, 11) is 0. The predicted octanol–water partition coefficient (Wildman–Crippen LogP) is 4.99. The average Bonchev–Trinajstić information content (AvgIpc) is 2.83. The Morgan fingerprint density at radius 3 is 2.48 bits per heavy atom. The highest BCUT2D eigenvalue weighted by Gasteiger charge is 2.27. The SMILES string of the molecule is CCCC/C=C/OCCC#N.NCC1CCC(C(=O)Oc2ccc(CCC(=O)O)cc2)CC1. The van der Waals surface area contributed by atoms with Crippen molar-refractivity contribution in [1.29, 1.82) is 5.26 Å². The molecule has 1 fully saturated rings. The van der Waals surface area contributed by atoms with Crippen LogP contribution in [0.4, 0.5) is 0 Å². The average molecular weight is 459 g/mol. The number of unbranched alkanes of at least 4 members (excludes halogenated alkanes) is 2. The lowest BCUT2D eigenvalue weighted by Gasteiger charge is -2.26. The summed E-state index contributed by atoms with van der Waals surface area (Å²) in [6.45, 7) is 3.36. The van der Waals surface area contributed by atoms with Gasteiger partial charge >= 0.3 is 11.9 Å². The van der Waals surface area contributed by atoms with Crippen LogP contribution in [0.5, 0.6) is 5.75 Å². The second-order valence-corrected chi connectivity index (χ2v) is 8.21. The van der Waals surface area contributed by atoms with Crippen molar-refractivity contribution in [3.8, 4) is 11.8 Å². The van der Waals surface area contributed by atoms with E-state index in [0.717, 1.165) is 37.7 Å². The summed E-state index contributed by atoms with van der Waals surface area (Å²) in [5.74, 6) is 0.0365. The first kappa shape index (κ1) is 28.2. The number of nitrogens with zero attached hydrogens (tertiary/aromatic N) is 1. The van der Waals surface area contributed by atoms with Crippen LogP contribution in [-0.2, 0) is 20.7 Å².